The normalized spacial score (nSPS) is 23.4. The van der Waals surface area contributed by atoms with Crippen molar-refractivity contribution < 1.29 is 22.9 Å². The van der Waals surface area contributed by atoms with Crippen molar-refractivity contribution in [2.24, 2.45) is 5.73 Å². The highest BCUT2D eigenvalue weighted by Gasteiger charge is 2.35. The molecule has 26 heavy (non-hydrogen) atoms. The highest BCUT2D eigenvalue weighted by molar-refractivity contribution is 7.89. The quantitative estimate of drug-likeness (QED) is 0.411. The molecule has 0 aromatic heterocycles. The van der Waals surface area contributed by atoms with E-state index in [1.165, 1.54) is 12.1 Å². The van der Waals surface area contributed by atoms with Crippen LogP contribution in [0.1, 0.15) is 39.0 Å². The van der Waals surface area contributed by atoms with E-state index in [1.54, 1.807) is 6.92 Å². The van der Waals surface area contributed by atoms with Crippen molar-refractivity contribution in [1.29, 1.82) is 0 Å². The Bertz CT molecular complexity index is 755. The number of nitrogens with zero attached hydrogens (tertiary/aromatic N) is 1. The maximum absolute atomic E-state index is 12.4. The summed E-state index contributed by atoms with van der Waals surface area (Å²) in [7, 11) is -3.78. The number of nitro groups is 1. The van der Waals surface area contributed by atoms with E-state index in [-0.39, 0.29) is 29.0 Å². The van der Waals surface area contributed by atoms with Crippen molar-refractivity contribution in [2.75, 3.05) is 6.61 Å². The average Bonchev–Trinajstić information content (AvgIpc) is 2.57. The summed E-state index contributed by atoms with van der Waals surface area (Å²) in [4.78, 5) is 21.7. The van der Waals surface area contributed by atoms with Crippen LogP contribution in [0.15, 0.2) is 29.2 Å². The zero-order chi connectivity index (χ0) is 19.4. The van der Waals surface area contributed by atoms with Gasteiger partial charge in [-0.05, 0) is 44.7 Å². The van der Waals surface area contributed by atoms with Gasteiger partial charge in [0.15, 0.2) is 0 Å². The molecular weight excluding hydrogens is 362 g/mol. The molecular formula is C16H23N3O6S. The van der Waals surface area contributed by atoms with E-state index in [9.17, 15) is 23.3 Å². The number of sulfonamides is 1. The Hall–Kier alpha value is -2.04. The molecule has 0 aliphatic heterocycles. The lowest BCUT2D eigenvalue weighted by Crippen LogP contribution is -2.49. The van der Waals surface area contributed by atoms with Gasteiger partial charge in [-0.2, -0.15) is 0 Å². The molecule has 0 saturated heterocycles. The standard InChI is InChI=1S/C16H23N3O6S/c1-2-25-15(20)11-16(17)9-7-12(8-10-16)18-26(23,24)14-5-3-13(4-6-14)19(21)22/h3-6,12,18H,2,7-11,17H2,1H3. The molecule has 1 saturated carbocycles. The number of esters is 1. The van der Waals surface area contributed by atoms with Crippen LogP contribution in [0.3, 0.4) is 0 Å². The fourth-order valence-corrected chi connectivity index (χ4v) is 4.33. The third kappa shape index (κ3) is 5.23. The van der Waals surface area contributed by atoms with Gasteiger partial charge in [0, 0.05) is 23.7 Å². The second-order valence-corrected chi connectivity index (χ2v) is 8.20. The summed E-state index contributed by atoms with van der Waals surface area (Å²) >= 11 is 0. The van der Waals surface area contributed by atoms with Gasteiger partial charge < -0.3 is 10.5 Å². The van der Waals surface area contributed by atoms with E-state index in [0.29, 0.717) is 32.3 Å². The number of non-ortho nitro benzene ring substituents is 1. The Balaban J connectivity index is 1.95. The van der Waals surface area contributed by atoms with Gasteiger partial charge in [0.2, 0.25) is 10.0 Å². The van der Waals surface area contributed by atoms with E-state index in [1.807, 2.05) is 0 Å². The number of nitrogens with two attached hydrogens (primary N) is 1. The summed E-state index contributed by atoms with van der Waals surface area (Å²) in [5.74, 6) is -0.347. The summed E-state index contributed by atoms with van der Waals surface area (Å²) in [6.45, 7) is 2.03. The molecule has 3 N–H and O–H groups in total. The van der Waals surface area contributed by atoms with Crippen molar-refractivity contribution in [3.8, 4) is 0 Å². The molecule has 10 heteroatoms. The van der Waals surface area contributed by atoms with Gasteiger partial charge in [-0.25, -0.2) is 13.1 Å². The van der Waals surface area contributed by atoms with E-state index in [2.05, 4.69) is 4.72 Å². The number of hydrogen-bond donors (Lipinski definition) is 2. The lowest BCUT2D eigenvalue weighted by Gasteiger charge is -2.36. The summed E-state index contributed by atoms with van der Waals surface area (Å²) in [5, 5.41) is 10.7. The van der Waals surface area contributed by atoms with Gasteiger partial charge in [0.1, 0.15) is 0 Å². The highest BCUT2D eigenvalue weighted by Crippen LogP contribution is 2.30. The molecule has 1 aliphatic carbocycles. The molecule has 1 fully saturated rings. The minimum absolute atomic E-state index is 0.0285. The molecule has 1 aliphatic rings. The van der Waals surface area contributed by atoms with Crippen LogP contribution in [0, 0.1) is 10.1 Å². The molecule has 0 amide bonds. The molecule has 9 nitrogen and oxygen atoms in total. The lowest BCUT2D eigenvalue weighted by molar-refractivity contribution is -0.384. The minimum atomic E-state index is -3.78. The maximum Gasteiger partial charge on any atom is 0.307 e. The fourth-order valence-electron chi connectivity index (χ4n) is 3.02. The molecule has 0 unspecified atom stereocenters. The van der Waals surface area contributed by atoms with E-state index < -0.39 is 20.5 Å². The van der Waals surface area contributed by atoms with Crippen LogP contribution in [0.25, 0.3) is 0 Å². The Morgan fingerprint density at radius 1 is 1.35 bits per heavy atom. The molecule has 0 spiro atoms. The van der Waals surface area contributed by atoms with Gasteiger partial charge in [-0.1, -0.05) is 0 Å². The largest absolute Gasteiger partial charge is 0.466 e. The monoisotopic (exact) mass is 385 g/mol. The van der Waals surface area contributed by atoms with Crippen LogP contribution >= 0.6 is 0 Å². The first-order chi connectivity index (χ1) is 12.1. The van der Waals surface area contributed by atoms with Crippen LogP contribution in [-0.4, -0.2) is 37.5 Å². The molecule has 144 valence electrons. The lowest BCUT2D eigenvalue weighted by atomic mass is 9.78. The van der Waals surface area contributed by atoms with Crippen molar-refractivity contribution >= 4 is 21.7 Å². The molecule has 0 bridgehead atoms. The summed E-state index contributed by atoms with van der Waals surface area (Å²) < 4.78 is 32.4. The van der Waals surface area contributed by atoms with Crippen LogP contribution in [0.2, 0.25) is 0 Å². The summed E-state index contributed by atoms with van der Waals surface area (Å²) in [6.07, 6.45) is 2.12. The van der Waals surface area contributed by atoms with E-state index in [4.69, 9.17) is 10.5 Å². The maximum atomic E-state index is 12.4. The van der Waals surface area contributed by atoms with Crippen LogP contribution in [-0.2, 0) is 19.6 Å². The van der Waals surface area contributed by atoms with Gasteiger partial charge >= 0.3 is 5.97 Å². The van der Waals surface area contributed by atoms with Crippen molar-refractivity contribution in [2.45, 2.75) is 55.5 Å². The highest BCUT2D eigenvalue weighted by atomic mass is 32.2. The number of benzene rings is 1. The molecule has 0 radical (unpaired) electrons. The van der Waals surface area contributed by atoms with Gasteiger partial charge in [0.05, 0.1) is 22.8 Å². The fraction of sp³-hybridized carbons (Fsp3) is 0.562. The Morgan fingerprint density at radius 3 is 2.42 bits per heavy atom. The third-order valence-electron chi connectivity index (χ3n) is 4.46. The van der Waals surface area contributed by atoms with E-state index in [0.717, 1.165) is 12.1 Å². The van der Waals surface area contributed by atoms with Crippen molar-refractivity contribution in [3.63, 3.8) is 0 Å². The molecule has 1 aromatic rings. The minimum Gasteiger partial charge on any atom is -0.466 e. The average molecular weight is 385 g/mol. The number of carbonyl (C=O) groups is 1. The second-order valence-electron chi connectivity index (χ2n) is 6.49. The SMILES string of the molecule is CCOC(=O)CC1(N)CCC(NS(=O)(=O)c2ccc([N+](=O)[O-])cc2)CC1. The van der Waals surface area contributed by atoms with E-state index >= 15 is 0 Å². The molecule has 0 heterocycles. The second kappa shape index (κ2) is 8.11. The topological polar surface area (TPSA) is 142 Å². The van der Waals surface area contributed by atoms with Crippen molar-refractivity contribution in [1.82, 2.24) is 4.72 Å². The first-order valence-electron chi connectivity index (χ1n) is 8.36. The zero-order valence-corrected chi connectivity index (χ0v) is 15.3. The molecule has 2 rings (SSSR count). The van der Waals surface area contributed by atoms with Crippen LogP contribution < -0.4 is 10.5 Å². The smallest absolute Gasteiger partial charge is 0.307 e. The zero-order valence-electron chi connectivity index (χ0n) is 14.5. The van der Waals surface area contributed by atoms with Gasteiger partial charge in [-0.3, -0.25) is 14.9 Å². The molecule has 0 atom stereocenters. The van der Waals surface area contributed by atoms with Crippen molar-refractivity contribution in [3.05, 3.63) is 34.4 Å². The predicted octanol–water partition coefficient (Wildman–Crippen LogP) is 1.47. The predicted molar refractivity (Wildman–Crippen MR) is 93.8 cm³/mol. The third-order valence-corrected chi connectivity index (χ3v) is 6.00. The Labute approximate surface area is 152 Å². The number of nitro benzene ring substituents is 1. The molecule has 1 aromatic carbocycles. The first kappa shape index (κ1) is 20.3. The van der Waals surface area contributed by atoms with Crippen LogP contribution in [0.5, 0.6) is 0 Å². The number of nitrogens with one attached hydrogen (secondary N) is 1. The number of ether oxygens (including phenoxy) is 1. The number of rotatable bonds is 7. The van der Waals surface area contributed by atoms with Crippen LogP contribution in [0.4, 0.5) is 5.69 Å². The number of hydrogen-bond acceptors (Lipinski definition) is 7. The van der Waals surface area contributed by atoms with Gasteiger partial charge in [0.25, 0.3) is 5.69 Å². The summed E-state index contributed by atoms with van der Waals surface area (Å²) in [6, 6.07) is 4.42. The Morgan fingerprint density at radius 2 is 1.92 bits per heavy atom. The Kier molecular flexibility index (Phi) is 6.32. The summed E-state index contributed by atoms with van der Waals surface area (Å²) in [5.41, 5.74) is 5.38. The number of carbonyl (C=O) groups excluding carboxylic acids is 1. The first-order valence-corrected chi connectivity index (χ1v) is 9.85. The van der Waals surface area contributed by atoms with Gasteiger partial charge in [-0.15, -0.1) is 0 Å².